The molecule has 0 amide bonds. The highest BCUT2D eigenvalue weighted by Crippen LogP contribution is 2.34. The van der Waals surface area contributed by atoms with Crippen LogP contribution in [0.15, 0.2) is 48.5 Å². The van der Waals surface area contributed by atoms with E-state index in [0.717, 1.165) is 5.56 Å². The van der Waals surface area contributed by atoms with Gasteiger partial charge in [0.2, 0.25) is 0 Å². The van der Waals surface area contributed by atoms with Crippen LogP contribution in [0.4, 0.5) is 15.2 Å². The minimum atomic E-state index is -0.925. The highest BCUT2D eigenvalue weighted by atomic mass is 32.1. The molecule has 0 atom stereocenters. The second-order valence-electron chi connectivity index (χ2n) is 6.24. The van der Waals surface area contributed by atoms with E-state index in [1.807, 2.05) is 24.3 Å². The number of anilines is 2. The van der Waals surface area contributed by atoms with Crippen LogP contribution < -0.4 is 5.32 Å². The van der Waals surface area contributed by atoms with Gasteiger partial charge in [0, 0.05) is 10.4 Å². The van der Waals surface area contributed by atoms with Crippen molar-refractivity contribution in [3.8, 4) is 11.3 Å². The number of rotatable bonds is 6. The third-order valence-electron chi connectivity index (χ3n) is 3.98. The molecule has 4 nitrogen and oxygen atoms in total. The van der Waals surface area contributed by atoms with Gasteiger partial charge in [0.15, 0.2) is 5.13 Å². The molecule has 0 aliphatic carbocycles. The third-order valence-corrected chi connectivity index (χ3v) is 4.95. The zero-order chi connectivity index (χ0) is 18.7. The zero-order valence-corrected chi connectivity index (χ0v) is 15.3. The number of carbonyl (C=O) groups is 1. The summed E-state index contributed by atoms with van der Waals surface area (Å²) in [5.41, 5.74) is 2.98. The third kappa shape index (κ3) is 4.08. The first-order chi connectivity index (χ1) is 12.4. The van der Waals surface area contributed by atoms with Crippen molar-refractivity contribution in [1.29, 1.82) is 0 Å². The molecule has 0 bridgehead atoms. The van der Waals surface area contributed by atoms with E-state index in [2.05, 4.69) is 24.1 Å². The number of hydrogen-bond donors (Lipinski definition) is 2. The second kappa shape index (κ2) is 7.66. The van der Waals surface area contributed by atoms with Crippen LogP contribution in [0, 0.1) is 5.82 Å². The molecule has 0 aliphatic heterocycles. The number of nitrogens with one attached hydrogen (secondary N) is 1. The summed E-state index contributed by atoms with van der Waals surface area (Å²) in [5, 5.41) is 12.6. The second-order valence-corrected chi connectivity index (χ2v) is 7.33. The molecule has 0 saturated heterocycles. The number of para-hydroxylation sites is 1. The molecule has 0 fully saturated rings. The van der Waals surface area contributed by atoms with Gasteiger partial charge in [-0.2, -0.15) is 0 Å². The lowest BCUT2D eigenvalue weighted by atomic mass is 10.0. The SMILES string of the molecule is CC(C)c1ccc(-c2nc(Nc3ccccc3F)sc2CC(=O)O)cc1. The number of thiazole rings is 1. The molecule has 0 spiro atoms. The van der Waals surface area contributed by atoms with E-state index in [1.54, 1.807) is 18.2 Å². The van der Waals surface area contributed by atoms with Crippen molar-refractivity contribution in [2.75, 3.05) is 5.32 Å². The van der Waals surface area contributed by atoms with Crippen molar-refractivity contribution in [2.24, 2.45) is 0 Å². The molecular weight excluding hydrogens is 351 g/mol. The van der Waals surface area contributed by atoms with Gasteiger partial charge in [-0.1, -0.05) is 50.2 Å². The average molecular weight is 370 g/mol. The molecule has 6 heteroatoms. The minimum Gasteiger partial charge on any atom is -0.481 e. The molecule has 134 valence electrons. The van der Waals surface area contributed by atoms with Crippen LogP contribution in [0.25, 0.3) is 11.3 Å². The van der Waals surface area contributed by atoms with Crippen LogP contribution in [-0.2, 0) is 11.2 Å². The van der Waals surface area contributed by atoms with Crippen molar-refractivity contribution >= 4 is 28.1 Å². The Balaban J connectivity index is 1.96. The van der Waals surface area contributed by atoms with E-state index in [0.29, 0.717) is 27.3 Å². The van der Waals surface area contributed by atoms with Crippen LogP contribution in [0.3, 0.4) is 0 Å². The Kier molecular flexibility index (Phi) is 5.32. The Morgan fingerprint density at radius 1 is 1.19 bits per heavy atom. The molecule has 0 aliphatic rings. The molecule has 3 aromatic rings. The Bertz CT molecular complexity index is 920. The van der Waals surface area contributed by atoms with Gasteiger partial charge in [0.05, 0.1) is 17.8 Å². The lowest BCUT2D eigenvalue weighted by Crippen LogP contribution is -1.99. The van der Waals surface area contributed by atoms with Crippen molar-refractivity contribution in [2.45, 2.75) is 26.2 Å². The summed E-state index contributed by atoms with van der Waals surface area (Å²) >= 11 is 1.23. The predicted molar refractivity (Wildman–Crippen MR) is 103 cm³/mol. The molecule has 3 rings (SSSR count). The lowest BCUT2D eigenvalue weighted by molar-refractivity contribution is -0.136. The van der Waals surface area contributed by atoms with Crippen LogP contribution in [0.2, 0.25) is 0 Å². The minimum absolute atomic E-state index is 0.127. The number of halogens is 1. The number of aliphatic carboxylic acids is 1. The van der Waals surface area contributed by atoms with E-state index in [-0.39, 0.29) is 12.2 Å². The summed E-state index contributed by atoms with van der Waals surface area (Å²) in [5.74, 6) is -0.896. The normalized spacial score (nSPS) is 10.9. The van der Waals surface area contributed by atoms with E-state index in [9.17, 15) is 14.3 Å². The summed E-state index contributed by atoms with van der Waals surface area (Å²) in [7, 11) is 0. The largest absolute Gasteiger partial charge is 0.481 e. The van der Waals surface area contributed by atoms with Crippen LogP contribution >= 0.6 is 11.3 Å². The van der Waals surface area contributed by atoms with Gasteiger partial charge in [-0.15, -0.1) is 11.3 Å². The highest BCUT2D eigenvalue weighted by molar-refractivity contribution is 7.16. The summed E-state index contributed by atoms with van der Waals surface area (Å²) in [4.78, 5) is 16.4. The van der Waals surface area contributed by atoms with Crippen LogP contribution in [0.1, 0.15) is 30.2 Å². The maximum atomic E-state index is 13.9. The molecular formula is C20H19FN2O2S. The highest BCUT2D eigenvalue weighted by Gasteiger charge is 2.17. The predicted octanol–water partition coefficient (Wildman–Crippen LogP) is 5.44. The Morgan fingerprint density at radius 2 is 1.88 bits per heavy atom. The van der Waals surface area contributed by atoms with Crippen molar-refractivity contribution in [3.05, 3.63) is 64.8 Å². The summed E-state index contributed by atoms with van der Waals surface area (Å²) < 4.78 is 13.9. The monoisotopic (exact) mass is 370 g/mol. The van der Waals surface area contributed by atoms with Gasteiger partial charge < -0.3 is 10.4 Å². The topological polar surface area (TPSA) is 62.2 Å². The molecule has 0 saturated carbocycles. The molecule has 26 heavy (non-hydrogen) atoms. The maximum absolute atomic E-state index is 13.9. The molecule has 1 heterocycles. The fraction of sp³-hybridized carbons (Fsp3) is 0.200. The number of hydrogen-bond acceptors (Lipinski definition) is 4. The van der Waals surface area contributed by atoms with Crippen molar-refractivity contribution in [3.63, 3.8) is 0 Å². The number of carboxylic acid groups (broad SMARTS) is 1. The maximum Gasteiger partial charge on any atom is 0.308 e. The summed E-state index contributed by atoms with van der Waals surface area (Å²) in [6.07, 6.45) is -0.127. The zero-order valence-electron chi connectivity index (χ0n) is 14.5. The number of nitrogens with zero attached hydrogens (tertiary/aromatic N) is 1. The van der Waals surface area contributed by atoms with Crippen molar-refractivity contribution in [1.82, 2.24) is 4.98 Å². The van der Waals surface area contributed by atoms with E-state index in [1.165, 1.54) is 23.0 Å². The van der Waals surface area contributed by atoms with Gasteiger partial charge in [0.1, 0.15) is 5.82 Å². The van der Waals surface area contributed by atoms with Crippen molar-refractivity contribution < 1.29 is 14.3 Å². The standard InChI is InChI=1S/C20H19FN2O2S/c1-12(2)13-7-9-14(10-8-13)19-17(11-18(24)25)26-20(23-19)22-16-6-4-3-5-15(16)21/h3-10,12H,11H2,1-2H3,(H,22,23)(H,24,25). The Hall–Kier alpha value is -2.73. The molecule has 0 radical (unpaired) electrons. The van der Waals surface area contributed by atoms with Gasteiger partial charge in [-0.25, -0.2) is 9.37 Å². The number of benzene rings is 2. The lowest BCUT2D eigenvalue weighted by Gasteiger charge is -2.06. The van der Waals surface area contributed by atoms with Gasteiger partial charge in [-0.05, 0) is 23.6 Å². The fourth-order valence-electron chi connectivity index (χ4n) is 2.59. The van der Waals surface area contributed by atoms with Gasteiger partial charge in [-0.3, -0.25) is 4.79 Å². The Morgan fingerprint density at radius 3 is 2.50 bits per heavy atom. The van der Waals surface area contributed by atoms with Crippen LogP contribution in [0.5, 0.6) is 0 Å². The number of carboxylic acids is 1. The first kappa shape index (κ1) is 18.1. The van der Waals surface area contributed by atoms with E-state index >= 15 is 0 Å². The fourth-order valence-corrected chi connectivity index (χ4v) is 3.58. The molecule has 1 aromatic heterocycles. The Labute approximate surface area is 155 Å². The molecule has 2 aromatic carbocycles. The summed E-state index contributed by atoms with van der Waals surface area (Å²) in [6.45, 7) is 4.23. The first-order valence-electron chi connectivity index (χ1n) is 8.27. The van der Waals surface area contributed by atoms with Crippen LogP contribution in [-0.4, -0.2) is 16.1 Å². The smallest absolute Gasteiger partial charge is 0.308 e. The molecule has 2 N–H and O–H groups in total. The average Bonchev–Trinajstić information content (AvgIpc) is 2.98. The quantitative estimate of drug-likeness (QED) is 0.606. The van der Waals surface area contributed by atoms with E-state index in [4.69, 9.17) is 0 Å². The first-order valence-corrected chi connectivity index (χ1v) is 9.09. The number of aromatic nitrogens is 1. The van der Waals surface area contributed by atoms with Gasteiger partial charge in [0.25, 0.3) is 0 Å². The van der Waals surface area contributed by atoms with E-state index < -0.39 is 5.97 Å². The summed E-state index contributed by atoms with van der Waals surface area (Å²) in [6, 6.07) is 14.2. The molecule has 0 unspecified atom stereocenters. The van der Waals surface area contributed by atoms with Gasteiger partial charge >= 0.3 is 5.97 Å².